The maximum atomic E-state index is 13.6. The van der Waals surface area contributed by atoms with E-state index in [0.29, 0.717) is 36.2 Å². The Balaban J connectivity index is 1.56. The highest BCUT2D eigenvalue weighted by atomic mass is 19.1. The van der Waals surface area contributed by atoms with Gasteiger partial charge in [0.2, 0.25) is 11.6 Å². The van der Waals surface area contributed by atoms with Crippen LogP contribution in [0, 0.1) is 12.7 Å². The molecule has 0 aliphatic rings. The van der Waals surface area contributed by atoms with Gasteiger partial charge in [0.1, 0.15) is 12.4 Å². The summed E-state index contributed by atoms with van der Waals surface area (Å²) in [5.41, 5.74) is 4.63. The Hall–Kier alpha value is -3.84. The number of hydrogen-bond acceptors (Lipinski definition) is 6. The average molecular weight is 477 g/mol. The van der Waals surface area contributed by atoms with Gasteiger partial charge in [0, 0.05) is 24.0 Å². The Morgan fingerprint density at radius 2 is 1.60 bits per heavy atom. The number of rotatable bonds is 10. The number of nitrogens with one attached hydrogen (secondary N) is 1. The fraction of sp³-hybridized carbons (Fsp3) is 0.250. The molecule has 0 spiro atoms. The van der Waals surface area contributed by atoms with E-state index in [1.54, 1.807) is 27.4 Å². The molecule has 0 unspecified atom stereocenters. The van der Waals surface area contributed by atoms with Crippen LogP contribution in [0.5, 0.6) is 23.1 Å². The predicted octanol–water partition coefficient (Wildman–Crippen LogP) is 5.58. The van der Waals surface area contributed by atoms with Gasteiger partial charge in [-0.2, -0.15) is 0 Å². The van der Waals surface area contributed by atoms with Crippen LogP contribution in [0.4, 0.5) is 4.39 Å². The van der Waals surface area contributed by atoms with Crippen molar-refractivity contribution in [3.8, 4) is 23.1 Å². The Kier molecular flexibility index (Phi) is 7.67. The molecule has 0 aliphatic heterocycles. The number of pyridine rings is 1. The summed E-state index contributed by atoms with van der Waals surface area (Å²) in [4.78, 5) is 4.74. The second-order valence-electron chi connectivity index (χ2n) is 8.20. The van der Waals surface area contributed by atoms with Gasteiger partial charge in [-0.15, -0.1) is 0 Å². The number of halogens is 1. The molecule has 0 amide bonds. The van der Waals surface area contributed by atoms with Crippen molar-refractivity contribution in [2.24, 2.45) is 0 Å². The lowest BCUT2D eigenvalue weighted by atomic mass is 10.1. The summed E-state index contributed by atoms with van der Waals surface area (Å²) in [6, 6.07) is 18.4. The zero-order chi connectivity index (χ0) is 24.8. The van der Waals surface area contributed by atoms with E-state index in [1.165, 1.54) is 12.1 Å². The molecule has 7 heteroatoms. The second kappa shape index (κ2) is 11.1. The summed E-state index contributed by atoms with van der Waals surface area (Å²) in [6.45, 7) is 3.36. The van der Waals surface area contributed by atoms with Crippen molar-refractivity contribution in [3.63, 3.8) is 0 Å². The Morgan fingerprint density at radius 1 is 0.829 bits per heavy atom. The van der Waals surface area contributed by atoms with E-state index < -0.39 is 0 Å². The van der Waals surface area contributed by atoms with Crippen LogP contribution in [0.3, 0.4) is 0 Å². The SMILES string of the molecule is COc1cc(CNCc2cc3cc(C)ccc3nc2OCc2cccc(F)c2)cc(OC)c1OC. The van der Waals surface area contributed by atoms with E-state index in [0.717, 1.165) is 33.2 Å². The summed E-state index contributed by atoms with van der Waals surface area (Å²) >= 11 is 0. The lowest BCUT2D eigenvalue weighted by Crippen LogP contribution is -2.14. The van der Waals surface area contributed by atoms with E-state index in [-0.39, 0.29) is 12.4 Å². The van der Waals surface area contributed by atoms with Crippen molar-refractivity contribution in [1.29, 1.82) is 0 Å². The van der Waals surface area contributed by atoms with E-state index in [4.69, 9.17) is 23.9 Å². The van der Waals surface area contributed by atoms with Crippen LogP contribution in [-0.4, -0.2) is 26.3 Å². The van der Waals surface area contributed by atoms with Crippen LogP contribution in [0.25, 0.3) is 10.9 Å². The van der Waals surface area contributed by atoms with Gasteiger partial charge in [-0.05, 0) is 60.5 Å². The summed E-state index contributed by atoms with van der Waals surface area (Å²) in [6.07, 6.45) is 0. The van der Waals surface area contributed by atoms with Crippen LogP contribution < -0.4 is 24.3 Å². The third-order valence-electron chi connectivity index (χ3n) is 5.64. The topological polar surface area (TPSA) is 61.8 Å². The minimum absolute atomic E-state index is 0.224. The third-order valence-corrected chi connectivity index (χ3v) is 5.64. The number of ether oxygens (including phenoxy) is 4. The Bertz CT molecular complexity index is 1300. The number of fused-ring (bicyclic) bond motifs is 1. The molecule has 4 aromatic rings. The molecular weight excluding hydrogens is 447 g/mol. The van der Waals surface area contributed by atoms with Crippen molar-refractivity contribution >= 4 is 10.9 Å². The van der Waals surface area contributed by atoms with Gasteiger partial charge < -0.3 is 24.3 Å². The molecule has 1 heterocycles. The molecule has 0 fully saturated rings. The lowest BCUT2D eigenvalue weighted by molar-refractivity contribution is 0.290. The molecule has 0 saturated heterocycles. The van der Waals surface area contributed by atoms with Crippen LogP contribution in [0.1, 0.15) is 22.3 Å². The van der Waals surface area contributed by atoms with Gasteiger partial charge >= 0.3 is 0 Å². The first-order valence-corrected chi connectivity index (χ1v) is 11.3. The highest BCUT2D eigenvalue weighted by Gasteiger charge is 2.14. The maximum absolute atomic E-state index is 13.6. The number of hydrogen-bond donors (Lipinski definition) is 1. The first kappa shape index (κ1) is 24.3. The molecule has 3 aromatic carbocycles. The summed E-state index contributed by atoms with van der Waals surface area (Å²) in [7, 11) is 4.77. The van der Waals surface area contributed by atoms with Crippen LogP contribution in [0.15, 0.2) is 60.7 Å². The standard InChI is InChI=1S/C28H29FN2O4/c1-18-8-9-24-21(10-18)14-22(28(31-24)35-17-19-6-5-7-23(29)11-19)16-30-15-20-12-25(32-2)27(34-4)26(13-20)33-3/h5-14,30H,15-17H2,1-4H3. The second-order valence-corrected chi connectivity index (χ2v) is 8.20. The van der Waals surface area contributed by atoms with E-state index in [9.17, 15) is 4.39 Å². The molecular formula is C28H29FN2O4. The van der Waals surface area contributed by atoms with Gasteiger partial charge in [0.15, 0.2) is 11.5 Å². The third kappa shape index (κ3) is 5.81. The molecule has 4 rings (SSSR count). The number of methoxy groups -OCH3 is 3. The fourth-order valence-corrected chi connectivity index (χ4v) is 3.93. The van der Waals surface area contributed by atoms with Gasteiger partial charge in [0.05, 0.1) is 26.8 Å². The predicted molar refractivity (Wildman–Crippen MR) is 134 cm³/mol. The smallest absolute Gasteiger partial charge is 0.218 e. The largest absolute Gasteiger partial charge is 0.493 e. The van der Waals surface area contributed by atoms with Crippen molar-refractivity contribution in [3.05, 3.63) is 88.7 Å². The molecule has 1 aromatic heterocycles. The normalized spacial score (nSPS) is 10.9. The van der Waals surface area contributed by atoms with Gasteiger partial charge in [-0.1, -0.05) is 23.8 Å². The molecule has 0 aliphatic carbocycles. The van der Waals surface area contributed by atoms with Crippen LogP contribution in [0.2, 0.25) is 0 Å². The summed E-state index contributed by atoms with van der Waals surface area (Å²) in [5.74, 6) is 1.99. The number of nitrogens with zero attached hydrogens (tertiary/aromatic N) is 1. The van der Waals surface area contributed by atoms with Crippen molar-refractivity contribution < 1.29 is 23.3 Å². The molecule has 0 bridgehead atoms. The summed E-state index contributed by atoms with van der Waals surface area (Å²) in [5, 5.41) is 4.49. The molecule has 35 heavy (non-hydrogen) atoms. The minimum Gasteiger partial charge on any atom is -0.493 e. The fourth-order valence-electron chi connectivity index (χ4n) is 3.93. The van der Waals surface area contributed by atoms with Crippen molar-refractivity contribution in [2.75, 3.05) is 21.3 Å². The van der Waals surface area contributed by atoms with E-state index >= 15 is 0 Å². The van der Waals surface area contributed by atoms with Gasteiger partial charge in [0.25, 0.3) is 0 Å². The maximum Gasteiger partial charge on any atom is 0.218 e. The van der Waals surface area contributed by atoms with E-state index in [1.807, 2.05) is 30.3 Å². The van der Waals surface area contributed by atoms with E-state index in [2.05, 4.69) is 24.4 Å². The quantitative estimate of drug-likeness (QED) is 0.323. The zero-order valence-electron chi connectivity index (χ0n) is 20.4. The summed E-state index contributed by atoms with van der Waals surface area (Å²) < 4.78 is 36.0. The monoisotopic (exact) mass is 476 g/mol. The molecule has 0 radical (unpaired) electrons. The highest BCUT2D eigenvalue weighted by Crippen LogP contribution is 2.38. The molecule has 0 saturated carbocycles. The van der Waals surface area contributed by atoms with Crippen LogP contribution >= 0.6 is 0 Å². The molecule has 1 N–H and O–H groups in total. The zero-order valence-corrected chi connectivity index (χ0v) is 20.4. The number of benzene rings is 3. The lowest BCUT2D eigenvalue weighted by Gasteiger charge is -2.15. The average Bonchev–Trinajstić information content (AvgIpc) is 2.86. The van der Waals surface area contributed by atoms with Crippen LogP contribution in [-0.2, 0) is 19.7 Å². The first-order chi connectivity index (χ1) is 17.0. The van der Waals surface area contributed by atoms with Crippen molar-refractivity contribution in [1.82, 2.24) is 10.3 Å². The minimum atomic E-state index is -0.291. The Labute approximate surface area is 204 Å². The molecule has 0 atom stereocenters. The highest BCUT2D eigenvalue weighted by molar-refractivity contribution is 5.80. The Morgan fingerprint density at radius 3 is 2.29 bits per heavy atom. The molecule has 6 nitrogen and oxygen atoms in total. The first-order valence-electron chi connectivity index (χ1n) is 11.3. The number of aryl methyl sites for hydroxylation is 1. The number of aromatic nitrogens is 1. The van der Waals surface area contributed by atoms with Crippen molar-refractivity contribution in [2.45, 2.75) is 26.6 Å². The molecule has 182 valence electrons. The van der Waals surface area contributed by atoms with Gasteiger partial charge in [-0.25, -0.2) is 9.37 Å². The van der Waals surface area contributed by atoms with Gasteiger partial charge in [-0.3, -0.25) is 0 Å².